The Labute approximate surface area is 127 Å². The minimum Gasteiger partial charge on any atom is -0.459 e. The summed E-state index contributed by atoms with van der Waals surface area (Å²) in [6, 6.07) is 0.792. The molecule has 0 aromatic carbocycles. The smallest absolute Gasteiger partial charge is 0.351 e. The van der Waals surface area contributed by atoms with Crippen molar-refractivity contribution in [2.75, 3.05) is 18.9 Å². The molecular formula is C13H20N4O5. The van der Waals surface area contributed by atoms with E-state index in [0.717, 1.165) is 0 Å². The van der Waals surface area contributed by atoms with Crippen molar-refractivity contribution in [3.63, 3.8) is 0 Å². The van der Waals surface area contributed by atoms with E-state index < -0.39 is 30.2 Å². The number of ether oxygens (including phenoxy) is 3. The predicted octanol–water partition coefficient (Wildman–Crippen LogP) is -0.776. The molecule has 3 atom stereocenters. The Kier molecular flexibility index (Phi) is 5.11. The van der Waals surface area contributed by atoms with Gasteiger partial charge >= 0.3 is 11.7 Å². The number of hydrogen-bond donors (Lipinski definition) is 2. The zero-order valence-corrected chi connectivity index (χ0v) is 12.5. The second kappa shape index (κ2) is 6.86. The van der Waals surface area contributed by atoms with Crippen molar-refractivity contribution < 1.29 is 19.0 Å². The van der Waals surface area contributed by atoms with Gasteiger partial charge in [0.1, 0.15) is 18.5 Å². The molecule has 9 nitrogen and oxygen atoms in total. The summed E-state index contributed by atoms with van der Waals surface area (Å²) in [4.78, 5) is 27.0. The largest absolute Gasteiger partial charge is 0.459 e. The van der Waals surface area contributed by atoms with Crippen LogP contribution in [0, 0.1) is 5.92 Å². The summed E-state index contributed by atoms with van der Waals surface area (Å²) in [5.74, 6) is -0.407. The van der Waals surface area contributed by atoms with Crippen LogP contribution in [0.4, 0.5) is 5.82 Å². The lowest BCUT2D eigenvalue weighted by molar-refractivity contribution is -0.161. The van der Waals surface area contributed by atoms with Crippen LogP contribution >= 0.6 is 0 Å². The third kappa shape index (κ3) is 3.81. The number of esters is 1. The summed E-state index contributed by atoms with van der Waals surface area (Å²) in [6.45, 7) is 3.70. The van der Waals surface area contributed by atoms with Gasteiger partial charge in [-0.3, -0.25) is 9.36 Å². The Morgan fingerprint density at radius 2 is 2.32 bits per heavy atom. The first-order valence-corrected chi connectivity index (χ1v) is 6.92. The van der Waals surface area contributed by atoms with E-state index in [0.29, 0.717) is 0 Å². The van der Waals surface area contributed by atoms with Gasteiger partial charge in [-0.25, -0.2) is 4.79 Å². The van der Waals surface area contributed by atoms with Gasteiger partial charge in [-0.05, 0) is 12.0 Å². The highest BCUT2D eigenvalue weighted by Gasteiger charge is 2.30. The molecule has 0 bridgehead atoms. The van der Waals surface area contributed by atoms with E-state index in [4.69, 9.17) is 25.7 Å². The van der Waals surface area contributed by atoms with Crippen LogP contribution < -0.4 is 17.2 Å². The fraction of sp³-hybridized carbons (Fsp3) is 0.615. The maximum atomic E-state index is 11.7. The molecule has 2 rings (SSSR count). The first kappa shape index (κ1) is 16.4. The van der Waals surface area contributed by atoms with Crippen LogP contribution in [-0.4, -0.2) is 41.1 Å². The Balaban J connectivity index is 1.88. The van der Waals surface area contributed by atoms with Crippen molar-refractivity contribution in [2.24, 2.45) is 11.7 Å². The van der Waals surface area contributed by atoms with Crippen molar-refractivity contribution in [3.05, 3.63) is 22.7 Å². The van der Waals surface area contributed by atoms with Gasteiger partial charge in [0.25, 0.3) is 0 Å². The van der Waals surface area contributed by atoms with Gasteiger partial charge < -0.3 is 25.7 Å². The van der Waals surface area contributed by atoms with Gasteiger partial charge in [0, 0.05) is 6.20 Å². The third-order valence-electron chi connectivity index (χ3n) is 3.25. The second-order valence-corrected chi connectivity index (χ2v) is 5.30. The topological polar surface area (TPSA) is 132 Å². The van der Waals surface area contributed by atoms with Crippen molar-refractivity contribution >= 4 is 11.8 Å². The molecule has 0 amide bonds. The molecule has 0 radical (unpaired) electrons. The van der Waals surface area contributed by atoms with Crippen LogP contribution in [0.1, 0.15) is 20.1 Å². The minimum atomic E-state index is -0.752. The molecule has 1 aliphatic heterocycles. The molecule has 1 fully saturated rings. The second-order valence-electron chi connectivity index (χ2n) is 5.30. The van der Waals surface area contributed by atoms with Crippen LogP contribution in [-0.2, 0) is 19.0 Å². The summed E-state index contributed by atoms with van der Waals surface area (Å²) in [6.07, 6.45) is 0.0859. The van der Waals surface area contributed by atoms with Gasteiger partial charge in [0.05, 0.1) is 6.61 Å². The minimum absolute atomic E-state index is 0.0231. The highest BCUT2D eigenvalue weighted by Crippen LogP contribution is 2.20. The molecule has 0 saturated carbocycles. The van der Waals surface area contributed by atoms with Crippen LogP contribution in [0.25, 0.3) is 0 Å². The van der Waals surface area contributed by atoms with Gasteiger partial charge in [-0.15, -0.1) is 0 Å². The molecule has 1 aliphatic rings. The molecule has 1 aromatic heterocycles. The van der Waals surface area contributed by atoms with E-state index >= 15 is 0 Å². The SMILES string of the molecule is CC(C)C(N)C(=O)OCC1OCC(n2ccc(N)nc2=O)O1. The van der Waals surface area contributed by atoms with E-state index in [-0.39, 0.29) is 24.9 Å². The molecule has 122 valence electrons. The number of nitrogens with zero attached hydrogens (tertiary/aromatic N) is 2. The predicted molar refractivity (Wildman–Crippen MR) is 76.5 cm³/mol. The number of hydrogen-bond acceptors (Lipinski definition) is 8. The lowest BCUT2D eigenvalue weighted by atomic mass is 10.1. The molecule has 3 unspecified atom stereocenters. The third-order valence-corrected chi connectivity index (χ3v) is 3.25. The monoisotopic (exact) mass is 312 g/mol. The lowest BCUT2D eigenvalue weighted by Gasteiger charge is -2.17. The molecule has 9 heteroatoms. The Morgan fingerprint density at radius 3 is 2.95 bits per heavy atom. The number of nitrogen functional groups attached to an aromatic ring is 1. The quantitative estimate of drug-likeness (QED) is 0.677. The fourth-order valence-electron chi connectivity index (χ4n) is 1.84. The zero-order valence-electron chi connectivity index (χ0n) is 12.5. The molecule has 1 aromatic rings. The standard InChI is InChI=1S/C13H20N4O5/c1-7(2)11(15)12(18)21-6-10-20-5-9(22-10)17-4-3-8(14)16-13(17)19/h3-4,7,9-11H,5-6,15H2,1-2H3,(H2,14,16,19). The number of carbonyl (C=O) groups excluding carboxylic acids is 1. The molecule has 4 N–H and O–H groups in total. The van der Waals surface area contributed by atoms with Gasteiger partial charge in [0.2, 0.25) is 0 Å². The van der Waals surface area contributed by atoms with Crippen molar-refractivity contribution in [1.29, 1.82) is 0 Å². The molecule has 2 heterocycles. The maximum absolute atomic E-state index is 11.7. The van der Waals surface area contributed by atoms with Gasteiger partial charge in [0.15, 0.2) is 12.5 Å². The summed E-state index contributed by atoms with van der Waals surface area (Å²) < 4.78 is 17.1. The number of rotatable bonds is 5. The highest BCUT2D eigenvalue weighted by molar-refractivity contribution is 5.75. The maximum Gasteiger partial charge on any atom is 0.351 e. The Morgan fingerprint density at radius 1 is 1.59 bits per heavy atom. The van der Waals surface area contributed by atoms with E-state index in [1.807, 2.05) is 13.8 Å². The van der Waals surface area contributed by atoms with Gasteiger partial charge in [-0.2, -0.15) is 4.98 Å². The summed E-state index contributed by atoms with van der Waals surface area (Å²) >= 11 is 0. The van der Waals surface area contributed by atoms with Crippen molar-refractivity contribution in [1.82, 2.24) is 9.55 Å². The molecular weight excluding hydrogens is 292 g/mol. The van der Waals surface area contributed by atoms with Crippen LogP contribution in [0.15, 0.2) is 17.1 Å². The Bertz CT molecular complexity index is 588. The average Bonchev–Trinajstić information content (AvgIpc) is 2.92. The van der Waals surface area contributed by atoms with Gasteiger partial charge in [-0.1, -0.05) is 13.8 Å². The number of anilines is 1. The normalized spacial score (nSPS) is 22.7. The van der Waals surface area contributed by atoms with E-state index in [1.54, 1.807) is 0 Å². The van der Waals surface area contributed by atoms with Crippen molar-refractivity contribution in [3.8, 4) is 0 Å². The number of carbonyl (C=O) groups is 1. The zero-order chi connectivity index (χ0) is 16.3. The highest BCUT2D eigenvalue weighted by atomic mass is 16.7. The fourth-order valence-corrected chi connectivity index (χ4v) is 1.84. The molecule has 1 saturated heterocycles. The first-order valence-electron chi connectivity index (χ1n) is 6.92. The molecule has 22 heavy (non-hydrogen) atoms. The van der Waals surface area contributed by atoms with Crippen LogP contribution in [0.2, 0.25) is 0 Å². The Hall–Kier alpha value is -1.97. The van der Waals surface area contributed by atoms with E-state index in [2.05, 4.69) is 4.98 Å². The summed E-state index contributed by atoms with van der Waals surface area (Å²) in [5, 5.41) is 0. The van der Waals surface area contributed by atoms with Crippen molar-refractivity contribution in [2.45, 2.75) is 32.4 Å². The lowest BCUT2D eigenvalue weighted by Crippen LogP contribution is -2.38. The average molecular weight is 312 g/mol. The summed E-state index contributed by atoms with van der Waals surface area (Å²) in [5.41, 5.74) is 10.6. The number of aromatic nitrogens is 2. The van der Waals surface area contributed by atoms with E-state index in [9.17, 15) is 9.59 Å². The summed E-state index contributed by atoms with van der Waals surface area (Å²) in [7, 11) is 0. The van der Waals surface area contributed by atoms with Crippen LogP contribution in [0.3, 0.4) is 0 Å². The van der Waals surface area contributed by atoms with Crippen LogP contribution in [0.5, 0.6) is 0 Å². The number of nitrogens with two attached hydrogens (primary N) is 2. The van der Waals surface area contributed by atoms with E-state index in [1.165, 1.54) is 16.8 Å². The first-order chi connectivity index (χ1) is 10.4. The molecule has 0 aliphatic carbocycles. The molecule has 0 spiro atoms.